The smallest absolute Gasteiger partial charge is 0.435 e. The molecule has 0 saturated carbocycles. The van der Waals surface area contributed by atoms with Crippen molar-refractivity contribution < 1.29 is 38.4 Å². The number of amides is 1. The number of aliphatic hydroxyl groups excluding tert-OH is 1. The second-order valence-corrected chi connectivity index (χ2v) is 17.7. The number of ether oxygens (including phenoxy) is 4. The van der Waals surface area contributed by atoms with Crippen molar-refractivity contribution in [2.24, 2.45) is 16.2 Å². The van der Waals surface area contributed by atoms with E-state index in [1.54, 1.807) is 39.2 Å². The van der Waals surface area contributed by atoms with E-state index in [0.717, 1.165) is 36.4 Å². The highest BCUT2D eigenvalue weighted by atomic mass is 16.6. The first-order chi connectivity index (χ1) is 23.1. The number of hydrogen-bond acceptors (Lipinski definition) is 10. The molecule has 0 fully saturated rings. The molecular formula is C38H67N5O8. The molecule has 0 atom stereocenters. The molecule has 3 heterocycles. The molecule has 13 heteroatoms. The molecule has 0 spiro atoms. The third kappa shape index (κ3) is 27.5. The highest BCUT2D eigenvalue weighted by Gasteiger charge is 2.24. The average Bonchev–Trinajstić information content (AvgIpc) is 3.69. The summed E-state index contributed by atoms with van der Waals surface area (Å²) in [5, 5.41) is 19.0. The van der Waals surface area contributed by atoms with Gasteiger partial charge in [0.1, 0.15) is 11.2 Å². The highest BCUT2D eigenvalue weighted by Crippen LogP contribution is 2.20. The summed E-state index contributed by atoms with van der Waals surface area (Å²) in [6, 6.07) is 3.48. The topological polar surface area (TPSA) is 158 Å². The van der Waals surface area contributed by atoms with Gasteiger partial charge in [-0.2, -0.15) is 9.78 Å². The van der Waals surface area contributed by atoms with Crippen molar-refractivity contribution in [1.82, 2.24) is 24.9 Å². The van der Waals surface area contributed by atoms with Gasteiger partial charge >= 0.3 is 12.2 Å². The molecule has 0 radical (unpaired) electrons. The van der Waals surface area contributed by atoms with Gasteiger partial charge in [-0.1, -0.05) is 62.3 Å². The summed E-state index contributed by atoms with van der Waals surface area (Å²) in [5.74, 6) is 1.11. The number of H-pyrrole nitrogens is 1. The van der Waals surface area contributed by atoms with Crippen LogP contribution in [0.4, 0.5) is 9.59 Å². The van der Waals surface area contributed by atoms with E-state index >= 15 is 0 Å². The van der Waals surface area contributed by atoms with E-state index in [4.69, 9.17) is 24.1 Å². The number of hydrogen-bond donors (Lipinski definition) is 2. The summed E-state index contributed by atoms with van der Waals surface area (Å²) < 4.78 is 22.3. The Bertz CT molecular complexity index is 1320. The Morgan fingerprint density at radius 3 is 1.67 bits per heavy atom. The highest BCUT2D eigenvalue weighted by molar-refractivity contribution is 5.96. The Balaban J connectivity index is 0.000000690. The van der Waals surface area contributed by atoms with E-state index in [1.807, 2.05) is 26.8 Å². The summed E-state index contributed by atoms with van der Waals surface area (Å²) in [5.41, 5.74) is -0.199. The lowest BCUT2D eigenvalue weighted by Crippen LogP contribution is -2.33. The van der Waals surface area contributed by atoms with Gasteiger partial charge in [-0.05, 0) is 83.1 Å². The van der Waals surface area contributed by atoms with Gasteiger partial charge in [-0.15, -0.1) is 5.10 Å². The second-order valence-electron chi connectivity index (χ2n) is 17.7. The lowest BCUT2D eigenvalue weighted by molar-refractivity contribution is -0.114. The number of carbonyl (C=O) groups is 3. The van der Waals surface area contributed by atoms with Crippen molar-refractivity contribution in [2.75, 3.05) is 26.4 Å². The number of aromatic amines is 1. The van der Waals surface area contributed by atoms with Gasteiger partial charge in [0, 0.05) is 31.1 Å². The summed E-state index contributed by atoms with van der Waals surface area (Å²) in [7, 11) is 0. The lowest BCUT2D eigenvalue weighted by atomic mass is 9.93. The summed E-state index contributed by atoms with van der Waals surface area (Å²) in [4.78, 5) is 35.1. The molecule has 1 amide bonds. The molecule has 3 rings (SSSR count). The first-order valence-electron chi connectivity index (χ1n) is 17.4. The van der Waals surface area contributed by atoms with Crippen molar-refractivity contribution in [1.29, 1.82) is 0 Å². The first-order valence-corrected chi connectivity index (χ1v) is 17.4. The third-order valence-electron chi connectivity index (χ3n) is 6.09. The number of aromatic nitrogens is 4. The maximum Gasteiger partial charge on any atom is 0.435 e. The minimum Gasteiger partial charge on any atom is -0.478 e. The molecule has 0 aromatic carbocycles. The van der Waals surface area contributed by atoms with Crippen LogP contribution >= 0.6 is 0 Å². The molecule has 13 nitrogen and oxygen atoms in total. The Morgan fingerprint density at radius 1 is 0.765 bits per heavy atom. The van der Waals surface area contributed by atoms with Crippen molar-refractivity contribution in [3.63, 3.8) is 0 Å². The van der Waals surface area contributed by atoms with Crippen LogP contribution in [0.5, 0.6) is 11.8 Å². The fraction of sp³-hybridized carbons (Fsp3) is 0.711. The summed E-state index contributed by atoms with van der Waals surface area (Å²) >= 11 is 0. The van der Waals surface area contributed by atoms with Crippen molar-refractivity contribution in [3.8, 4) is 11.8 Å². The largest absolute Gasteiger partial charge is 0.478 e. The van der Waals surface area contributed by atoms with Gasteiger partial charge < -0.3 is 24.1 Å². The second kappa shape index (κ2) is 20.8. The van der Waals surface area contributed by atoms with Crippen LogP contribution in [0.15, 0.2) is 36.8 Å². The van der Waals surface area contributed by atoms with Crippen LogP contribution in [0, 0.1) is 16.2 Å². The van der Waals surface area contributed by atoms with E-state index < -0.39 is 23.4 Å². The number of rotatable bonds is 7. The van der Waals surface area contributed by atoms with Crippen LogP contribution in [0.1, 0.15) is 123 Å². The molecule has 2 aromatic heterocycles. The molecule has 0 saturated heterocycles. The predicted octanol–water partition coefficient (Wildman–Crippen LogP) is 8.44. The molecular weight excluding hydrogens is 654 g/mol. The Morgan fingerprint density at radius 2 is 1.27 bits per heavy atom. The van der Waals surface area contributed by atoms with Gasteiger partial charge in [0.05, 0.1) is 26.0 Å². The first kappa shape index (κ1) is 47.1. The standard InChI is InChI=1S/C14H24N2O3.C9H16N2O.C9H13NO3.C6H14O/c1-13(2,3)8-10-18-11-7-9-16(15-11)12(17)19-14(4,5)6;1-9(2,3)5-7-12-8-4-6-10-11-8;1-9(2,3)13-8(12)10-5-4-7(11)6-10;1-6(2,3)4-5-7/h7,9H,8,10H2,1-6H3;4,6H,5,7H2,1-3H3,(H,10,11);4-5H,6H2,1-3H3;7H,4-5H2,1-3H3. The molecule has 2 aromatic rings. The van der Waals surface area contributed by atoms with Crippen LogP contribution in [-0.2, 0) is 14.3 Å². The van der Waals surface area contributed by atoms with Crippen LogP contribution in [-0.4, -0.2) is 85.5 Å². The van der Waals surface area contributed by atoms with Crippen molar-refractivity contribution >= 4 is 18.0 Å². The molecule has 0 unspecified atom stereocenters. The molecule has 1 aliphatic rings. The zero-order valence-corrected chi connectivity index (χ0v) is 34.0. The van der Waals surface area contributed by atoms with E-state index in [2.05, 4.69) is 77.6 Å². The zero-order chi connectivity index (χ0) is 39.7. The number of nitrogens with one attached hydrogen (secondary N) is 1. The number of ketones is 1. The van der Waals surface area contributed by atoms with E-state index in [-0.39, 0.29) is 17.7 Å². The van der Waals surface area contributed by atoms with Crippen LogP contribution in [0.2, 0.25) is 0 Å². The summed E-state index contributed by atoms with van der Waals surface area (Å²) in [6.45, 7) is 31.9. The van der Waals surface area contributed by atoms with Gasteiger partial charge in [0.15, 0.2) is 5.78 Å². The molecule has 292 valence electrons. The normalized spacial score (nSPS) is 13.2. The van der Waals surface area contributed by atoms with Crippen molar-refractivity contribution in [3.05, 3.63) is 36.8 Å². The third-order valence-corrected chi connectivity index (χ3v) is 6.09. The Labute approximate surface area is 306 Å². The maximum atomic E-state index is 11.7. The molecule has 1 aliphatic heterocycles. The number of aliphatic hydroxyl groups is 1. The molecule has 51 heavy (non-hydrogen) atoms. The average molecular weight is 722 g/mol. The number of carbonyl (C=O) groups excluding carboxylic acids is 3. The fourth-order valence-electron chi connectivity index (χ4n) is 3.27. The Kier molecular flexibility index (Phi) is 19.3. The predicted molar refractivity (Wildman–Crippen MR) is 200 cm³/mol. The molecule has 2 N–H and O–H groups in total. The van der Waals surface area contributed by atoms with Crippen molar-refractivity contribution in [2.45, 2.75) is 134 Å². The number of nitrogens with zero attached hydrogens (tertiary/aromatic N) is 4. The van der Waals surface area contributed by atoms with Gasteiger partial charge in [-0.25, -0.2) is 14.7 Å². The van der Waals surface area contributed by atoms with Crippen LogP contribution < -0.4 is 9.47 Å². The van der Waals surface area contributed by atoms with Gasteiger partial charge in [0.25, 0.3) is 0 Å². The SMILES string of the molecule is CC(C)(C)CCO.CC(C)(C)CCOc1ccn(C(=O)OC(C)(C)C)n1.CC(C)(C)CCOc1ccn[nH]1.CC(C)(C)OC(=O)N1C=CC(=O)C1. The fourth-order valence-corrected chi connectivity index (χ4v) is 3.27. The minimum absolute atomic E-state index is 0.0779. The minimum atomic E-state index is -0.531. The van der Waals surface area contributed by atoms with Gasteiger partial charge in [0.2, 0.25) is 11.8 Å². The monoisotopic (exact) mass is 721 g/mol. The Hall–Kier alpha value is -3.87. The van der Waals surface area contributed by atoms with E-state index in [0.29, 0.717) is 29.9 Å². The molecule has 0 bridgehead atoms. The maximum absolute atomic E-state index is 11.7. The van der Waals surface area contributed by atoms with Crippen LogP contribution in [0.25, 0.3) is 0 Å². The summed E-state index contributed by atoms with van der Waals surface area (Å²) in [6.07, 6.45) is 7.92. The quantitative estimate of drug-likeness (QED) is 0.284. The van der Waals surface area contributed by atoms with E-state index in [1.165, 1.54) is 17.2 Å². The lowest BCUT2D eigenvalue weighted by Gasteiger charge is -2.22. The van der Waals surface area contributed by atoms with Crippen LogP contribution in [0.3, 0.4) is 0 Å². The molecule has 0 aliphatic carbocycles. The van der Waals surface area contributed by atoms with Gasteiger partial charge in [-0.3, -0.25) is 9.69 Å². The van der Waals surface area contributed by atoms with E-state index in [9.17, 15) is 14.4 Å². The zero-order valence-electron chi connectivity index (χ0n) is 34.0.